The molecule has 0 aliphatic rings. The number of aromatic nitrogens is 1. The van der Waals surface area contributed by atoms with Crippen LogP contribution in [-0.2, 0) is 0 Å². The van der Waals surface area contributed by atoms with Crippen LogP contribution < -0.4 is 0 Å². The summed E-state index contributed by atoms with van der Waals surface area (Å²) in [7, 11) is 0. The summed E-state index contributed by atoms with van der Waals surface area (Å²) in [6.45, 7) is 1.75. The first-order valence-corrected chi connectivity index (χ1v) is 5.06. The molecule has 0 bridgehead atoms. The maximum Gasteiger partial charge on any atom is 0.374 e. The average Bonchev–Trinajstić information content (AvgIpc) is 2.72. The molecule has 0 aliphatic heterocycles. The number of aromatic carboxylic acids is 1. The summed E-state index contributed by atoms with van der Waals surface area (Å²) in [5, 5.41) is 22.4. The van der Waals surface area contributed by atoms with Gasteiger partial charge < -0.3 is 14.7 Å². The molecule has 0 aliphatic carbocycles. The minimum atomic E-state index is -1.22. The van der Waals surface area contributed by atoms with Crippen LogP contribution in [0.4, 0.5) is 0 Å². The quantitative estimate of drug-likeness (QED) is 0.860. The number of carbonyl (C=O) groups is 1. The fraction of sp³-hybridized carbons (Fsp3) is 0.0909. The molecule has 2 N–H and O–H groups in total. The van der Waals surface area contributed by atoms with Gasteiger partial charge in [0.25, 0.3) is 0 Å². The Bertz CT molecular complexity index is 591. The second-order valence-electron chi connectivity index (χ2n) is 3.50. The lowest BCUT2D eigenvalue weighted by molar-refractivity contribution is 0.0652. The molecule has 0 atom stereocenters. The van der Waals surface area contributed by atoms with Crippen LogP contribution >= 0.6 is 11.6 Å². The zero-order valence-electron chi connectivity index (χ0n) is 8.77. The lowest BCUT2D eigenvalue weighted by Crippen LogP contribution is -1.91. The summed E-state index contributed by atoms with van der Waals surface area (Å²) in [5.41, 5.74) is 1.27. The Morgan fingerprint density at radius 2 is 2.12 bits per heavy atom. The monoisotopic (exact) mass is 253 g/mol. The third kappa shape index (κ3) is 2.09. The highest BCUT2D eigenvalue weighted by molar-refractivity contribution is 6.31. The number of hydrogen-bond donors (Lipinski definition) is 2. The summed E-state index contributed by atoms with van der Waals surface area (Å²) in [6.07, 6.45) is 0. The van der Waals surface area contributed by atoms with Gasteiger partial charge in [0, 0.05) is 16.7 Å². The van der Waals surface area contributed by atoms with Gasteiger partial charge in [-0.15, -0.1) is 0 Å². The van der Waals surface area contributed by atoms with Crippen LogP contribution in [0, 0.1) is 6.92 Å². The molecular formula is C11H8ClNO4. The third-order valence-corrected chi connectivity index (χ3v) is 2.68. The molecule has 0 saturated carbocycles. The molecule has 1 aromatic carbocycles. The van der Waals surface area contributed by atoms with Gasteiger partial charge in [0.1, 0.15) is 11.4 Å². The van der Waals surface area contributed by atoms with Crippen molar-refractivity contribution in [3.63, 3.8) is 0 Å². The molecule has 0 amide bonds. The highest BCUT2D eigenvalue weighted by atomic mass is 35.5. The van der Waals surface area contributed by atoms with E-state index >= 15 is 0 Å². The minimum Gasteiger partial charge on any atom is -0.507 e. The summed E-state index contributed by atoms with van der Waals surface area (Å²) in [5.74, 6) is -1.55. The van der Waals surface area contributed by atoms with Gasteiger partial charge in [-0.2, -0.15) is 0 Å². The van der Waals surface area contributed by atoms with Crippen molar-refractivity contribution < 1.29 is 19.5 Å². The normalized spacial score (nSPS) is 10.5. The summed E-state index contributed by atoms with van der Waals surface area (Å²) < 4.78 is 4.60. The van der Waals surface area contributed by atoms with E-state index in [1.54, 1.807) is 6.92 Å². The molecule has 1 heterocycles. The highest BCUT2D eigenvalue weighted by Gasteiger charge is 2.15. The van der Waals surface area contributed by atoms with E-state index in [4.69, 9.17) is 16.7 Å². The van der Waals surface area contributed by atoms with Crippen LogP contribution in [0.1, 0.15) is 16.1 Å². The molecule has 2 aromatic rings. The lowest BCUT2D eigenvalue weighted by Gasteiger charge is -2.03. The Labute approximate surface area is 101 Å². The van der Waals surface area contributed by atoms with Gasteiger partial charge in [-0.3, -0.25) is 0 Å². The van der Waals surface area contributed by atoms with E-state index in [-0.39, 0.29) is 17.2 Å². The Morgan fingerprint density at radius 3 is 2.71 bits per heavy atom. The van der Waals surface area contributed by atoms with E-state index in [9.17, 15) is 9.90 Å². The van der Waals surface area contributed by atoms with Gasteiger partial charge in [0.15, 0.2) is 0 Å². The van der Waals surface area contributed by atoms with Crippen molar-refractivity contribution in [2.75, 3.05) is 0 Å². The minimum absolute atomic E-state index is 0.0304. The molecule has 88 valence electrons. The summed E-state index contributed by atoms with van der Waals surface area (Å²) in [4.78, 5) is 10.6. The molecule has 6 heteroatoms. The van der Waals surface area contributed by atoms with Gasteiger partial charge in [0.05, 0.1) is 0 Å². The Kier molecular flexibility index (Phi) is 2.77. The topological polar surface area (TPSA) is 83.6 Å². The molecule has 0 radical (unpaired) electrons. The van der Waals surface area contributed by atoms with Crippen molar-refractivity contribution >= 4 is 17.6 Å². The van der Waals surface area contributed by atoms with Crippen LogP contribution in [0.2, 0.25) is 5.02 Å². The molecule has 0 unspecified atom stereocenters. The van der Waals surface area contributed by atoms with Gasteiger partial charge >= 0.3 is 5.97 Å². The molecule has 0 spiro atoms. The Hall–Kier alpha value is -2.01. The fourth-order valence-electron chi connectivity index (χ4n) is 1.37. The van der Waals surface area contributed by atoms with E-state index in [2.05, 4.69) is 9.68 Å². The Balaban J connectivity index is 2.52. The zero-order valence-corrected chi connectivity index (χ0v) is 9.52. The summed E-state index contributed by atoms with van der Waals surface area (Å²) >= 11 is 5.92. The average molecular weight is 254 g/mol. The largest absolute Gasteiger partial charge is 0.507 e. The molecule has 0 saturated heterocycles. The van der Waals surface area contributed by atoms with Crippen LogP contribution in [-0.4, -0.2) is 21.3 Å². The SMILES string of the molecule is Cc1cc(O)c(-c2cc(C(=O)O)on2)cc1Cl. The first-order chi connectivity index (χ1) is 7.99. The third-order valence-electron chi connectivity index (χ3n) is 2.27. The van der Waals surface area contributed by atoms with Crippen molar-refractivity contribution in [1.82, 2.24) is 5.16 Å². The highest BCUT2D eigenvalue weighted by Crippen LogP contribution is 2.33. The number of carboxylic acids is 1. The molecule has 1 aromatic heterocycles. The number of aryl methyl sites for hydroxylation is 1. The summed E-state index contributed by atoms with van der Waals surface area (Å²) in [6, 6.07) is 4.21. The van der Waals surface area contributed by atoms with Crippen molar-refractivity contribution in [3.05, 3.63) is 34.5 Å². The number of phenols is 1. The first-order valence-electron chi connectivity index (χ1n) is 4.68. The van der Waals surface area contributed by atoms with E-state index in [1.807, 2.05) is 0 Å². The first kappa shape index (κ1) is 11.5. The maximum absolute atomic E-state index is 10.6. The molecule has 2 rings (SSSR count). The van der Waals surface area contributed by atoms with E-state index < -0.39 is 5.97 Å². The molecule has 0 fully saturated rings. The number of carboxylic acid groups (broad SMARTS) is 1. The van der Waals surface area contributed by atoms with E-state index in [0.717, 1.165) is 5.56 Å². The number of phenolic OH excluding ortho intramolecular Hbond substituents is 1. The predicted octanol–water partition coefficient (Wildman–Crippen LogP) is 2.71. The van der Waals surface area contributed by atoms with Crippen molar-refractivity contribution in [1.29, 1.82) is 0 Å². The van der Waals surface area contributed by atoms with Crippen LogP contribution in [0.25, 0.3) is 11.3 Å². The molecule has 17 heavy (non-hydrogen) atoms. The second-order valence-corrected chi connectivity index (χ2v) is 3.91. The standard InChI is InChI=1S/C11H8ClNO4/c1-5-2-9(14)6(3-7(5)12)8-4-10(11(15)16)17-13-8/h2-4,14H,1H3,(H,15,16). The van der Waals surface area contributed by atoms with Crippen LogP contribution in [0.15, 0.2) is 22.7 Å². The van der Waals surface area contributed by atoms with E-state index in [0.29, 0.717) is 10.6 Å². The fourth-order valence-corrected chi connectivity index (χ4v) is 1.54. The second kappa shape index (κ2) is 4.10. The number of rotatable bonds is 2. The number of hydrogen-bond acceptors (Lipinski definition) is 4. The number of halogens is 1. The van der Waals surface area contributed by atoms with Gasteiger partial charge in [0.2, 0.25) is 5.76 Å². The van der Waals surface area contributed by atoms with Crippen LogP contribution in [0.3, 0.4) is 0 Å². The van der Waals surface area contributed by atoms with Gasteiger partial charge in [-0.05, 0) is 24.6 Å². The zero-order chi connectivity index (χ0) is 12.6. The van der Waals surface area contributed by atoms with E-state index in [1.165, 1.54) is 18.2 Å². The number of nitrogens with zero attached hydrogens (tertiary/aromatic N) is 1. The van der Waals surface area contributed by atoms with Crippen molar-refractivity contribution in [2.45, 2.75) is 6.92 Å². The van der Waals surface area contributed by atoms with Crippen molar-refractivity contribution in [2.24, 2.45) is 0 Å². The molecular weight excluding hydrogens is 246 g/mol. The Morgan fingerprint density at radius 1 is 1.41 bits per heavy atom. The number of aromatic hydroxyl groups is 1. The van der Waals surface area contributed by atoms with Gasteiger partial charge in [-0.1, -0.05) is 16.8 Å². The van der Waals surface area contributed by atoms with Gasteiger partial charge in [-0.25, -0.2) is 4.79 Å². The predicted molar refractivity (Wildman–Crippen MR) is 60.3 cm³/mol. The van der Waals surface area contributed by atoms with Crippen molar-refractivity contribution in [3.8, 4) is 17.0 Å². The lowest BCUT2D eigenvalue weighted by atomic mass is 10.1. The maximum atomic E-state index is 10.6. The number of benzene rings is 1. The van der Waals surface area contributed by atoms with Crippen LogP contribution in [0.5, 0.6) is 5.75 Å². The smallest absolute Gasteiger partial charge is 0.374 e. The molecule has 5 nitrogen and oxygen atoms in total.